The fourth-order valence-corrected chi connectivity index (χ4v) is 5.68. The number of likely N-dealkylation sites (tertiary alicyclic amines) is 2. The quantitative estimate of drug-likeness (QED) is 0.391. The van der Waals surface area contributed by atoms with Crippen LogP contribution in [0.1, 0.15) is 53.1 Å². The number of rotatable bonds is 7. The number of nitrogens with zero attached hydrogens (tertiary/aromatic N) is 3. The van der Waals surface area contributed by atoms with E-state index in [-0.39, 0.29) is 11.9 Å². The topological polar surface area (TPSA) is 72.5 Å². The van der Waals surface area contributed by atoms with Gasteiger partial charge in [-0.2, -0.15) is 0 Å². The molecule has 4 heterocycles. The third-order valence-electron chi connectivity index (χ3n) is 7.81. The number of pyridine rings is 1. The third kappa shape index (κ3) is 5.65. The number of ketones is 1. The molecule has 6 heteroatoms. The second-order valence-corrected chi connectivity index (χ2v) is 10.2. The molecule has 0 bridgehead atoms. The van der Waals surface area contributed by atoms with Crippen LogP contribution in [0.4, 0.5) is 0 Å². The van der Waals surface area contributed by atoms with E-state index in [2.05, 4.69) is 32.0 Å². The molecular formula is C29H36N4O2. The monoisotopic (exact) mass is 472 g/mol. The number of aliphatic hydroxyl groups excluding tert-OH is 1. The van der Waals surface area contributed by atoms with Crippen molar-refractivity contribution in [3.63, 3.8) is 0 Å². The Balaban J connectivity index is 1.06. The molecule has 0 saturated carbocycles. The summed E-state index contributed by atoms with van der Waals surface area (Å²) >= 11 is 0. The van der Waals surface area contributed by atoms with Crippen molar-refractivity contribution in [2.75, 3.05) is 32.7 Å². The van der Waals surface area contributed by atoms with Gasteiger partial charge in [0.25, 0.3) is 0 Å². The lowest BCUT2D eigenvalue weighted by molar-refractivity contribution is 0.0319. The maximum absolute atomic E-state index is 12.4. The van der Waals surface area contributed by atoms with Gasteiger partial charge in [0, 0.05) is 55.3 Å². The minimum Gasteiger partial charge on any atom is -0.392 e. The first kappa shape index (κ1) is 23.8. The molecule has 2 aliphatic heterocycles. The Morgan fingerprint density at radius 1 is 1.14 bits per heavy atom. The summed E-state index contributed by atoms with van der Waals surface area (Å²) in [4.78, 5) is 24.8. The molecule has 35 heavy (non-hydrogen) atoms. The van der Waals surface area contributed by atoms with E-state index < -0.39 is 0 Å². The zero-order valence-corrected chi connectivity index (χ0v) is 20.6. The number of carbonyl (C=O) groups excluding carboxylic acids is 1. The number of aromatic amines is 1. The van der Waals surface area contributed by atoms with Crippen LogP contribution < -0.4 is 0 Å². The van der Waals surface area contributed by atoms with Crippen molar-refractivity contribution in [2.45, 2.75) is 44.6 Å². The van der Waals surface area contributed by atoms with Crippen LogP contribution in [0, 0.1) is 12.8 Å². The van der Waals surface area contributed by atoms with Gasteiger partial charge in [0.15, 0.2) is 5.78 Å². The molecule has 0 spiro atoms. The van der Waals surface area contributed by atoms with Crippen LogP contribution in [-0.2, 0) is 0 Å². The molecule has 2 aromatic heterocycles. The van der Waals surface area contributed by atoms with Gasteiger partial charge in [-0.1, -0.05) is 23.8 Å². The fraction of sp³-hybridized carbons (Fsp3) is 0.448. The zero-order valence-electron chi connectivity index (χ0n) is 20.6. The molecule has 0 amide bonds. The Kier molecular flexibility index (Phi) is 7.30. The van der Waals surface area contributed by atoms with Crippen LogP contribution in [0.15, 0.2) is 61.1 Å². The van der Waals surface area contributed by atoms with Crippen LogP contribution in [0.2, 0.25) is 0 Å². The Morgan fingerprint density at radius 3 is 2.71 bits per heavy atom. The maximum atomic E-state index is 12.4. The molecule has 184 valence electrons. The highest BCUT2D eigenvalue weighted by atomic mass is 16.3. The van der Waals surface area contributed by atoms with E-state index in [0.29, 0.717) is 11.8 Å². The van der Waals surface area contributed by atoms with Gasteiger partial charge in [-0.25, -0.2) is 4.98 Å². The van der Waals surface area contributed by atoms with Crippen molar-refractivity contribution < 1.29 is 9.90 Å². The Hall–Kier alpha value is -2.96. The standard InChI is InChI=1S/C29H36N4O2/c1-21-4-2-5-24(18-21)27(34)11-17-32-13-9-23(10-14-32)28(35)20-33-15-7-22(8-16-33)26-19-31-29-25(26)6-3-12-30-29/h2-6,11-12,17-19,22-23,28,35H,7-10,13-16,20H2,1H3,(H,30,31). The minimum absolute atomic E-state index is 0.0446. The van der Waals surface area contributed by atoms with Crippen molar-refractivity contribution >= 4 is 16.8 Å². The Bertz CT molecular complexity index is 1170. The molecular weight excluding hydrogens is 436 g/mol. The highest BCUT2D eigenvalue weighted by Gasteiger charge is 2.28. The van der Waals surface area contributed by atoms with Crippen molar-refractivity contribution in [1.82, 2.24) is 19.8 Å². The molecule has 2 N–H and O–H groups in total. The SMILES string of the molecule is Cc1cccc(C(=O)C=CN2CCC(C(O)CN3CCC(c4c[nH]c5ncccc45)CC3)CC2)c1. The van der Waals surface area contributed by atoms with Crippen LogP contribution in [-0.4, -0.2) is 69.5 Å². The molecule has 2 saturated heterocycles. The molecule has 1 aromatic carbocycles. The molecule has 2 fully saturated rings. The number of aliphatic hydroxyl groups is 1. The van der Waals surface area contributed by atoms with E-state index in [0.717, 1.165) is 75.2 Å². The lowest BCUT2D eigenvalue weighted by Crippen LogP contribution is -2.43. The van der Waals surface area contributed by atoms with Gasteiger partial charge in [-0.05, 0) is 81.3 Å². The number of benzene rings is 1. The molecule has 6 nitrogen and oxygen atoms in total. The number of nitrogens with one attached hydrogen (secondary N) is 1. The number of H-pyrrole nitrogens is 1. The molecule has 2 aliphatic rings. The van der Waals surface area contributed by atoms with Gasteiger partial charge in [0.05, 0.1) is 6.10 Å². The van der Waals surface area contributed by atoms with Crippen LogP contribution in [0.5, 0.6) is 0 Å². The van der Waals surface area contributed by atoms with Crippen molar-refractivity contribution in [2.24, 2.45) is 5.92 Å². The van der Waals surface area contributed by atoms with E-state index in [9.17, 15) is 9.90 Å². The Labute approximate surface area is 207 Å². The van der Waals surface area contributed by atoms with Crippen LogP contribution in [0.25, 0.3) is 11.0 Å². The number of allylic oxidation sites excluding steroid dienone is 1. The normalized spacial score (nSPS) is 19.5. The first-order valence-corrected chi connectivity index (χ1v) is 12.9. The predicted octanol–water partition coefficient (Wildman–Crippen LogP) is 4.52. The van der Waals surface area contributed by atoms with Gasteiger partial charge in [-0.3, -0.25) is 4.79 Å². The molecule has 1 atom stereocenters. The van der Waals surface area contributed by atoms with E-state index in [1.165, 1.54) is 10.9 Å². The van der Waals surface area contributed by atoms with E-state index >= 15 is 0 Å². The zero-order chi connectivity index (χ0) is 24.2. The molecule has 0 radical (unpaired) electrons. The smallest absolute Gasteiger partial charge is 0.187 e. The van der Waals surface area contributed by atoms with Crippen LogP contribution in [0.3, 0.4) is 0 Å². The Morgan fingerprint density at radius 2 is 1.94 bits per heavy atom. The molecule has 3 aromatic rings. The van der Waals surface area contributed by atoms with Crippen molar-refractivity contribution in [1.29, 1.82) is 0 Å². The first-order valence-electron chi connectivity index (χ1n) is 12.9. The van der Waals surface area contributed by atoms with Gasteiger partial charge in [0.1, 0.15) is 5.65 Å². The van der Waals surface area contributed by atoms with E-state index in [1.54, 1.807) is 6.08 Å². The number of aryl methyl sites for hydroxylation is 1. The van der Waals surface area contributed by atoms with Gasteiger partial charge in [-0.15, -0.1) is 0 Å². The van der Waals surface area contributed by atoms with E-state index in [1.807, 2.05) is 49.7 Å². The molecule has 0 aliphatic carbocycles. The molecule has 1 unspecified atom stereocenters. The average Bonchev–Trinajstić information content (AvgIpc) is 3.32. The maximum Gasteiger partial charge on any atom is 0.187 e. The molecule has 5 rings (SSSR count). The summed E-state index contributed by atoms with van der Waals surface area (Å²) in [5, 5.41) is 12.2. The van der Waals surface area contributed by atoms with Crippen LogP contribution >= 0.6 is 0 Å². The lowest BCUT2D eigenvalue weighted by atomic mass is 9.88. The number of hydrogen-bond donors (Lipinski definition) is 2. The summed E-state index contributed by atoms with van der Waals surface area (Å²) in [6.07, 6.45) is 11.4. The third-order valence-corrected chi connectivity index (χ3v) is 7.81. The fourth-order valence-electron chi connectivity index (χ4n) is 5.68. The summed E-state index contributed by atoms with van der Waals surface area (Å²) in [6, 6.07) is 11.9. The average molecular weight is 473 g/mol. The first-order chi connectivity index (χ1) is 17.1. The number of aromatic nitrogens is 2. The van der Waals surface area contributed by atoms with Gasteiger partial charge in [0.2, 0.25) is 0 Å². The van der Waals surface area contributed by atoms with E-state index in [4.69, 9.17) is 0 Å². The second kappa shape index (κ2) is 10.8. The summed E-state index contributed by atoms with van der Waals surface area (Å²) in [5.74, 6) is 0.923. The summed E-state index contributed by atoms with van der Waals surface area (Å²) in [5.41, 5.74) is 4.19. The second-order valence-electron chi connectivity index (χ2n) is 10.2. The van der Waals surface area contributed by atoms with Gasteiger partial charge < -0.3 is 19.9 Å². The number of hydrogen-bond acceptors (Lipinski definition) is 5. The highest BCUT2D eigenvalue weighted by molar-refractivity contribution is 6.04. The largest absolute Gasteiger partial charge is 0.392 e. The van der Waals surface area contributed by atoms with Crippen molar-refractivity contribution in [3.8, 4) is 0 Å². The number of fused-ring (bicyclic) bond motifs is 1. The van der Waals surface area contributed by atoms with Gasteiger partial charge >= 0.3 is 0 Å². The number of piperidine rings is 2. The van der Waals surface area contributed by atoms with Crippen molar-refractivity contribution in [3.05, 3.63) is 77.8 Å². The number of carbonyl (C=O) groups is 1. The summed E-state index contributed by atoms with van der Waals surface area (Å²) in [7, 11) is 0. The highest BCUT2D eigenvalue weighted by Crippen LogP contribution is 2.33. The summed E-state index contributed by atoms with van der Waals surface area (Å²) in [6.45, 7) is 6.58. The minimum atomic E-state index is -0.288. The predicted molar refractivity (Wildman–Crippen MR) is 139 cm³/mol. The lowest BCUT2D eigenvalue weighted by Gasteiger charge is -2.37. The number of β-amino-alcohol motifs (C(OH)–C–C–N with tert-alkyl or cyclic N) is 1. The summed E-state index contributed by atoms with van der Waals surface area (Å²) < 4.78 is 0.